The summed E-state index contributed by atoms with van der Waals surface area (Å²) in [6.45, 7) is 0. The number of sulfone groups is 1. The highest BCUT2D eigenvalue weighted by Gasteiger charge is 2.16. The van der Waals surface area contributed by atoms with Gasteiger partial charge in [-0.3, -0.25) is 0 Å². The molecule has 2 aromatic carbocycles. The van der Waals surface area contributed by atoms with Gasteiger partial charge in [0.05, 0.1) is 10.6 Å². The molecule has 1 N–H and O–H groups in total. The molecule has 0 unspecified atom stereocenters. The van der Waals surface area contributed by atoms with Crippen LogP contribution in [0, 0.1) is 5.82 Å². The van der Waals surface area contributed by atoms with Crippen LogP contribution in [0.25, 0.3) is 11.3 Å². The Bertz CT molecular complexity index is 869. The molecule has 0 atom stereocenters. The molecule has 3 rings (SSSR count). The lowest BCUT2D eigenvalue weighted by atomic mass is 10.2. The molecule has 3 aromatic rings. The van der Waals surface area contributed by atoms with Crippen molar-refractivity contribution in [2.24, 2.45) is 0 Å². The van der Waals surface area contributed by atoms with Gasteiger partial charge in [-0.1, -0.05) is 30.3 Å². The van der Waals surface area contributed by atoms with Crippen molar-refractivity contribution in [2.75, 3.05) is 0 Å². The van der Waals surface area contributed by atoms with Gasteiger partial charge in [-0.15, -0.1) is 0 Å². The summed E-state index contributed by atoms with van der Waals surface area (Å²) in [6, 6.07) is 18.1. The molecule has 0 radical (unpaired) electrons. The second-order valence-electron chi connectivity index (χ2n) is 4.98. The fourth-order valence-corrected chi connectivity index (χ4v) is 3.54. The summed E-state index contributed by atoms with van der Waals surface area (Å²) in [5, 5.41) is 0. The third-order valence-corrected chi connectivity index (χ3v) is 5.03. The van der Waals surface area contributed by atoms with Crippen LogP contribution in [0.3, 0.4) is 0 Å². The Labute approximate surface area is 128 Å². The molecule has 5 heteroatoms. The van der Waals surface area contributed by atoms with Gasteiger partial charge in [0.25, 0.3) is 0 Å². The Hall–Kier alpha value is -2.40. The molecule has 0 amide bonds. The maximum Gasteiger partial charge on any atom is 0.183 e. The minimum absolute atomic E-state index is 0.116. The number of hydrogen-bond donors (Lipinski definition) is 1. The highest BCUT2D eigenvalue weighted by molar-refractivity contribution is 7.90. The first-order valence-corrected chi connectivity index (χ1v) is 8.41. The lowest BCUT2D eigenvalue weighted by Crippen LogP contribution is -2.05. The third-order valence-electron chi connectivity index (χ3n) is 3.35. The van der Waals surface area contributed by atoms with Crippen LogP contribution in [0.5, 0.6) is 0 Å². The molecule has 0 aliphatic rings. The Morgan fingerprint density at radius 2 is 1.55 bits per heavy atom. The van der Waals surface area contributed by atoms with E-state index in [4.69, 9.17) is 0 Å². The Morgan fingerprint density at radius 1 is 0.864 bits per heavy atom. The molecule has 0 saturated carbocycles. The number of benzene rings is 2. The van der Waals surface area contributed by atoms with Crippen molar-refractivity contribution in [1.82, 2.24) is 4.98 Å². The largest absolute Gasteiger partial charge is 0.358 e. The first kappa shape index (κ1) is 14.5. The molecule has 1 heterocycles. The van der Waals surface area contributed by atoms with E-state index in [9.17, 15) is 12.8 Å². The summed E-state index contributed by atoms with van der Waals surface area (Å²) in [4.78, 5) is 3.23. The van der Waals surface area contributed by atoms with E-state index in [2.05, 4.69) is 4.98 Å². The van der Waals surface area contributed by atoms with Gasteiger partial charge in [0.15, 0.2) is 9.84 Å². The van der Waals surface area contributed by atoms with Crippen LogP contribution in [0.1, 0.15) is 5.69 Å². The van der Waals surface area contributed by atoms with Gasteiger partial charge in [-0.05, 0) is 42.0 Å². The summed E-state index contributed by atoms with van der Waals surface area (Å²) in [5.41, 5.74) is 2.46. The van der Waals surface area contributed by atoms with Crippen LogP contribution in [0.2, 0.25) is 0 Å². The van der Waals surface area contributed by atoms with Crippen LogP contribution < -0.4 is 0 Å². The van der Waals surface area contributed by atoms with E-state index in [1.165, 1.54) is 12.1 Å². The zero-order valence-corrected chi connectivity index (χ0v) is 12.5. The van der Waals surface area contributed by atoms with Gasteiger partial charge in [-0.25, -0.2) is 12.8 Å². The fraction of sp³-hybridized carbons (Fsp3) is 0.0588. The van der Waals surface area contributed by atoms with Crippen LogP contribution >= 0.6 is 0 Å². The van der Waals surface area contributed by atoms with Gasteiger partial charge in [0.2, 0.25) is 0 Å². The number of rotatable bonds is 4. The van der Waals surface area contributed by atoms with Crippen molar-refractivity contribution >= 4 is 9.84 Å². The minimum atomic E-state index is -3.50. The standard InChI is InChI=1S/C17H14FNO2S/c18-14-6-9-16(10-7-14)22(20,21)12-15-8-11-17(19-15)13-4-2-1-3-5-13/h1-11,19H,12H2. The van der Waals surface area contributed by atoms with Crippen molar-refractivity contribution in [3.05, 3.63) is 78.2 Å². The molecule has 0 saturated heterocycles. The molecule has 1 aromatic heterocycles. The van der Waals surface area contributed by atoms with Crippen molar-refractivity contribution in [3.63, 3.8) is 0 Å². The van der Waals surface area contributed by atoms with Crippen molar-refractivity contribution < 1.29 is 12.8 Å². The predicted molar refractivity (Wildman–Crippen MR) is 83.5 cm³/mol. The van der Waals surface area contributed by atoms with Crippen LogP contribution in [0.4, 0.5) is 4.39 Å². The zero-order chi connectivity index (χ0) is 15.6. The maximum atomic E-state index is 12.9. The van der Waals surface area contributed by atoms with E-state index < -0.39 is 15.7 Å². The van der Waals surface area contributed by atoms with Gasteiger partial charge in [-0.2, -0.15) is 0 Å². The normalized spacial score (nSPS) is 11.5. The summed E-state index contributed by atoms with van der Waals surface area (Å²) in [5.74, 6) is -0.601. The molecular formula is C17H14FNO2S. The molecule has 3 nitrogen and oxygen atoms in total. The fourth-order valence-electron chi connectivity index (χ4n) is 2.24. The van der Waals surface area contributed by atoms with E-state index in [1.54, 1.807) is 6.07 Å². The number of aromatic nitrogens is 1. The monoisotopic (exact) mass is 315 g/mol. The van der Waals surface area contributed by atoms with Crippen molar-refractivity contribution in [1.29, 1.82) is 0 Å². The average Bonchev–Trinajstić information content (AvgIpc) is 2.96. The number of aromatic amines is 1. The van der Waals surface area contributed by atoms with Crippen molar-refractivity contribution in [2.45, 2.75) is 10.6 Å². The molecule has 0 aliphatic carbocycles. The Balaban J connectivity index is 1.84. The smallest absolute Gasteiger partial charge is 0.183 e. The molecule has 0 fully saturated rings. The first-order chi connectivity index (χ1) is 10.5. The number of H-pyrrole nitrogens is 1. The van der Waals surface area contributed by atoms with Gasteiger partial charge in [0, 0.05) is 11.4 Å². The molecule has 112 valence electrons. The van der Waals surface area contributed by atoms with E-state index in [-0.39, 0.29) is 10.6 Å². The van der Waals surface area contributed by atoms with Crippen LogP contribution in [0.15, 0.2) is 71.6 Å². The maximum absolute atomic E-state index is 12.9. The lowest BCUT2D eigenvalue weighted by Gasteiger charge is -2.03. The second kappa shape index (κ2) is 5.77. The first-order valence-electron chi connectivity index (χ1n) is 6.76. The molecule has 0 bridgehead atoms. The minimum Gasteiger partial charge on any atom is -0.358 e. The van der Waals surface area contributed by atoms with Crippen LogP contribution in [-0.2, 0) is 15.6 Å². The summed E-state index contributed by atoms with van der Waals surface area (Å²) < 4.78 is 37.5. The quantitative estimate of drug-likeness (QED) is 0.745. The van der Waals surface area contributed by atoms with Crippen molar-refractivity contribution in [3.8, 4) is 11.3 Å². The van der Waals surface area contributed by atoms with E-state index in [0.717, 1.165) is 23.4 Å². The molecule has 0 spiro atoms. The summed E-state index contributed by atoms with van der Waals surface area (Å²) >= 11 is 0. The van der Waals surface area contributed by atoms with E-state index in [1.807, 2.05) is 36.4 Å². The topological polar surface area (TPSA) is 49.9 Å². The van der Waals surface area contributed by atoms with E-state index >= 15 is 0 Å². The lowest BCUT2D eigenvalue weighted by molar-refractivity contribution is 0.593. The van der Waals surface area contributed by atoms with Crippen LogP contribution in [-0.4, -0.2) is 13.4 Å². The number of halogens is 1. The predicted octanol–water partition coefficient (Wildman–Crippen LogP) is 3.79. The second-order valence-corrected chi connectivity index (χ2v) is 6.97. The molecule has 0 aliphatic heterocycles. The number of hydrogen-bond acceptors (Lipinski definition) is 2. The van der Waals surface area contributed by atoms with Gasteiger partial charge in [0.1, 0.15) is 5.82 Å². The van der Waals surface area contributed by atoms with Gasteiger partial charge >= 0.3 is 0 Å². The summed E-state index contributed by atoms with van der Waals surface area (Å²) in [6.07, 6.45) is 0. The third kappa shape index (κ3) is 3.09. The van der Waals surface area contributed by atoms with Gasteiger partial charge < -0.3 is 4.98 Å². The average molecular weight is 315 g/mol. The van der Waals surface area contributed by atoms with E-state index in [0.29, 0.717) is 5.69 Å². The highest BCUT2D eigenvalue weighted by Crippen LogP contribution is 2.21. The Morgan fingerprint density at radius 3 is 2.23 bits per heavy atom. The molecular weight excluding hydrogens is 301 g/mol. The molecule has 22 heavy (non-hydrogen) atoms. The Kier molecular flexibility index (Phi) is 3.81. The summed E-state index contributed by atoms with van der Waals surface area (Å²) in [7, 11) is -3.50. The zero-order valence-electron chi connectivity index (χ0n) is 11.7. The highest BCUT2D eigenvalue weighted by atomic mass is 32.2. The number of nitrogens with one attached hydrogen (secondary N) is 1. The SMILES string of the molecule is O=S(=O)(Cc1ccc(-c2ccccc2)[nH]1)c1ccc(F)cc1.